The van der Waals surface area contributed by atoms with Gasteiger partial charge < -0.3 is 71.9 Å². The average Bonchev–Trinajstić information content (AvgIpc) is 2.97. The summed E-state index contributed by atoms with van der Waals surface area (Å²) in [6.07, 6.45) is -2.61. The molecule has 5 atom stereocenters. The van der Waals surface area contributed by atoms with Crippen LogP contribution in [0.1, 0.15) is 25.7 Å². The summed E-state index contributed by atoms with van der Waals surface area (Å²) in [5, 5.41) is 27.8. The highest BCUT2D eigenvalue weighted by Crippen LogP contribution is 2.37. The van der Waals surface area contributed by atoms with Gasteiger partial charge in [-0.3, -0.25) is 47.1 Å². The zero-order valence-electron chi connectivity index (χ0n) is 25.6. The maximum atomic E-state index is 13.2. The number of carboxylic acids is 2. The van der Waals surface area contributed by atoms with Gasteiger partial charge in [0, 0.05) is 19.9 Å². The first kappa shape index (κ1) is 46.6. The molecule has 50 heavy (non-hydrogen) atoms. The number of hydrogen-bond acceptors (Lipinski definition) is 14. The first-order valence-corrected chi connectivity index (χ1v) is 18.1. The Balaban J connectivity index is 6.34. The molecule has 0 aromatic heterocycles. The summed E-state index contributed by atoms with van der Waals surface area (Å²) in [7, 11) is -14.8. The third-order valence-electron chi connectivity index (χ3n) is 5.65. The van der Waals surface area contributed by atoms with Crippen molar-refractivity contribution in [3.05, 3.63) is 0 Å². The third kappa shape index (κ3) is 21.6. The highest BCUT2D eigenvalue weighted by atomic mass is 31.2. The highest BCUT2D eigenvalue weighted by Gasteiger charge is 2.35. The Morgan fingerprint density at radius 1 is 0.540 bits per heavy atom. The Bertz CT molecular complexity index is 1380. The maximum Gasteiger partial charge on any atom is 0.469 e. The number of nitrogens with two attached hydrogens (primary N) is 1. The lowest BCUT2D eigenvalue weighted by Gasteiger charge is -2.26. The summed E-state index contributed by atoms with van der Waals surface area (Å²) in [5.41, 5.74) is 5.42. The molecule has 0 aromatic rings. The number of carbonyl (C=O) groups excluding carboxylic acids is 5. The quantitative estimate of drug-likeness (QED) is 0.0405. The number of likely N-dealkylation sites (N-methyl/N-ethyl adjacent to an activating group) is 1. The van der Waals surface area contributed by atoms with Crippen molar-refractivity contribution in [1.29, 1.82) is 0 Å². The van der Waals surface area contributed by atoms with Crippen LogP contribution in [0.15, 0.2) is 0 Å². The van der Waals surface area contributed by atoms with Crippen LogP contribution >= 0.6 is 23.5 Å². The molecule has 0 spiro atoms. The molecule has 0 aromatic carbocycles. The molecular weight excluding hydrogens is 753 g/mol. The van der Waals surface area contributed by atoms with E-state index in [9.17, 15) is 47.3 Å². The number of carbonyl (C=O) groups is 7. The number of phosphoric ester groups is 3. The molecule has 5 amide bonds. The van der Waals surface area contributed by atoms with Gasteiger partial charge in [-0.25, -0.2) is 13.7 Å². The Morgan fingerprint density at radius 2 is 0.840 bits per heavy atom. The van der Waals surface area contributed by atoms with E-state index in [1.165, 1.54) is 0 Å². The van der Waals surface area contributed by atoms with Crippen molar-refractivity contribution in [2.45, 2.75) is 55.9 Å². The molecule has 0 saturated heterocycles. The third-order valence-corrected chi connectivity index (χ3v) is 7.11. The number of amides is 5. The monoisotopic (exact) mass is 790 g/mol. The van der Waals surface area contributed by atoms with Gasteiger partial charge in [0.15, 0.2) is 0 Å². The van der Waals surface area contributed by atoms with Crippen LogP contribution in [0.3, 0.4) is 0 Å². The number of rotatable bonds is 24. The Labute approximate surface area is 280 Å². The summed E-state index contributed by atoms with van der Waals surface area (Å²) in [5.74, 6) is -9.58. The number of nitrogens with one attached hydrogen (secondary N) is 5. The topological polar surface area (TPSA) is 446 Å². The minimum atomic E-state index is -5.42. The molecule has 0 aliphatic rings. The van der Waals surface area contributed by atoms with Crippen LogP contribution < -0.4 is 32.3 Å². The molecule has 0 saturated carbocycles. The predicted octanol–water partition coefficient (Wildman–Crippen LogP) is -5.94. The number of carboxylic acid groups (broad SMARTS) is 2. The molecule has 30 heteroatoms. The summed E-state index contributed by atoms with van der Waals surface area (Å²) in [4.78, 5) is 140. The molecule has 0 heterocycles. The lowest BCUT2D eigenvalue weighted by Crippen LogP contribution is -2.60. The molecule has 0 radical (unpaired) electrons. The van der Waals surface area contributed by atoms with E-state index in [2.05, 4.69) is 24.2 Å². The smallest absolute Gasteiger partial charge is 0.469 e. The fourth-order valence-electron chi connectivity index (χ4n) is 3.31. The summed E-state index contributed by atoms with van der Waals surface area (Å²) in [6, 6.07) is -9.83. The fraction of sp³-hybridized carbons (Fsp3) is 0.650. The molecule has 0 rings (SSSR count). The van der Waals surface area contributed by atoms with Gasteiger partial charge in [-0.2, -0.15) is 0 Å². The zero-order valence-corrected chi connectivity index (χ0v) is 28.3. The molecule has 0 aliphatic heterocycles. The first-order valence-electron chi connectivity index (χ1n) is 13.5. The zero-order chi connectivity index (χ0) is 39.0. The van der Waals surface area contributed by atoms with Gasteiger partial charge in [-0.05, 0) is 12.8 Å². The van der Waals surface area contributed by atoms with Crippen LogP contribution in [0, 0.1) is 0 Å². The SMILES string of the molecule is CNC(=O)[C@H](CCC(=O)O)NC(=O)[C@H](CCC(=O)O)NC(=O)[C@H](COP(=O)(O)O)NC(=O)[C@H](COP(=O)(O)O)NC(=O)[C@@H](N)COP(=O)(O)O. The van der Waals surface area contributed by atoms with Gasteiger partial charge in [0.2, 0.25) is 29.5 Å². The average molecular weight is 790 g/mol. The van der Waals surface area contributed by atoms with Gasteiger partial charge >= 0.3 is 35.4 Å². The largest absolute Gasteiger partial charge is 0.481 e. The highest BCUT2D eigenvalue weighted by molar-refractivity contribution is 7.46. The van der Waals surface area contributed by atoms with Crippen LogP contribution in [-0.2, 0) is 60.8 Å². The van der Waals surface area contributed by atoms with Crippen molar-refractivity contribution in [2.24, 2.45) is 5.73 Å². The van der Waals surface area contributed by atoms with Gasteiger partial charge in [-0.15, -0.1) is 0 Å². The predicted molar refractivity (Wildman–Crippen MR) is 157 cm³/mol. The Kier molecular flexibility index (Phi) is 19.6. The van der Waals surface area contributed by atoms with E-state index in [-0.39, 0.29) is 0 Å². The first-order chi connectivity index (χ1) is 22.7. The van der Waals surface area contributed by atoms with E-state index in [1.807, 2.05) is 5.32 Å². The van der Waals surface area contributed by atoms with Crippen molar-refractivity contribution in [3.63, 3.8) is 0 Å². The van der Waals surface area contributed by atoms with Crippen LogP contribution in [0.25, 0.3) is 0 Å². The summed E-state index contributed by atoms with van der Waals surface area (Å²) < 4.78 is 45.9. The summed E-state index contributed by atoms with van der Waals surface area (Å²) >= 11 is 0. The van der Waals surface area contributed by atoms with Crippen molar-refractivity contribution in [2.75, 3.05) is 26.9 Å². The van der Waals surface area contributed by atoms with Gasteiger partial charge in [0.25, 0.3) is 0 Å². The second-order valence-corrected chi connectivity index (χ2v) is 13.4. The Hall–Kier alpha value is -3.42. The second-order valence-electron chi connectivity index (χ2n) is 9.69. The van der Waals surface area contributed by atoms with Gasteiger partial charge in [0.05, 0.1) is 19.8 Å². The standard InChI is InChI=1S/C20H37N6O21P3/c1-22-17(32)10(2-4-14(27)28)23-18(33)11(3-5-15(29)30)24-19(34)13(8-47-50(42,43)44)26-20(35)12(7-46-49(39,40)41)25-16(31)9(21)6-45-48(36,37)38/h9-13H,2-8,21H2,1H3,(H,22,32)(H,23,33)(H,24,34)(H,25,31)(H,26,35)(H,27,28)(H,29,30)(H2,36,37,38)(H2,39,40,41)(H2,42,43,44)/t9-,10-,11-,12-,13-/m0/s1. The van der Waals surface area contributed by atoms with Crippen molar-refractivity contribution in [3.8, 4) is 0 Å². The normalized spacial score (nSPS) is 15.0. The van der Waals surface area contributed by atoms with E-state index in [0.29, 0.717) is 0 Å². The fourth-order valence-corrected chi connectivity index (χ4v) is 4.35. The van der Waals surface area contributed by atoms with Crippen LogP contribution in [0.2, 0.25) is 0 Å². The van der Waals surface area contributed by atoms with E-state index >= 15 is 0 Å². The molecule has 288 valence electrons. The van der Waals surface area contributed by atoms with E-state index in [1.54, 1.807) is 10.6 Å². The molecule has 0 aliphatic carbocycles. The van der Waals surface area contributed by atoms with Crippen LogP contribution in [0.5, 0.6) is 0 Å². The Morgan fingerprint density at radius 3 is 1.18 bits per heavy atom. The van der Waals surface area contributed by atoms with Gasteiger partial charge in [-0.1, -0.05) is 0 Å². The van der Waals surface area contributed by atoms with Crippen molar-refractivity contribution in [1.82, 2.24) is 26.6 Å². The molecule has 0 unspecified atom stereocenters. The van der Waals surface area contributed by atoms with E-state index < -0.39 is 141 Å². The molecule has 15 N–H and O–H groups in total. The molecule has 0 bridgehead atoms. The second kappa shape index (κ2) is 21.1. The minimum Gasteiger partial charge on any atom is -0.481 e. The van der Waals surface area contributed by atoms with Crippen molar-refractivity contribution >= 4 is 64.9 Å². The van der Waals surface area contributed by atoms with E-state index in [4.69, 9.17) is 45.3 Å². The van der Waals surface area contributed by atoms with Crippen LogP contribution in [-0.4, -0.2) is 138 Å². The van der Waals surface area contributed by atoms with Gasteiger partial charge in [0.1, 0.15) is 30.2 Å². The number of phosphoric acid groups is 3. The maximum absolute atomic E-state index is 13.2. The minimum absolute atomic E-state index is 0.464. The number of hydrogen-bond donors (Lipinski definition) is 14. The summed E-state index contributed by atoms with van der Waals surface area (Å²) in [6.45, 7) is -3.95. The van der Waals surface area contributed by atoms with Crippen molar-refractivity contribution < 1.29 is 100 Å². The number of aliphatic carboxylic acids is 2. The van der Waals surface area contributed by atoms with E-state index in [0.717, 1.165) is 7.05 Å². The molecular formula is C20H37N6O21P3. The lowest BCUT2D eigenvalue weighted by molar-refractivity contribution is -0.140. The molecule has 0 fully saturated rings. The lowest BCUT2D eigenvalue weighted by atomic mass is 10.1. The molecule has 27 nitrogen and oxygen atoms in total. The van der Waals surface area contributed by atoms with Crippen LogP contribution in [0.4, 0.5) is 0 Å².